The number of aryl methyl sites for hydroxylation is 1. The molecular weight excluding hydrogens is 852 g/mol. The highest BCUT2D eigenvalue weighted by atomic mass is 127. The Morgan fingerprint density at radius 1 is 0.804 bits per heavy atom. The number of amides is 5. The van der Waals surface area contributed by atoms with E-state index in [9.17, 15) is 37.1 Å². The third kappa shape index (κ3) is 11.3. The molecule has 1 unspecified atom stereocenters. The molecule has 0 saturated carbocycles. The van der Waals surface area contributed by atoms with Gasteiger partial charge in [0.2, 0.25) is 11.8 Å². The Balaban J connectivity index is 0.860. The number of carbonyl (C=O) groups is 5. The molecule has 2 aliphatic rings. The molecule has 2 heterocycles. The summed E-state index contributed by atoms with van der Waals surface area (Å²) in [5.41, 5.74) is 2.61. The third-order valence-corrected chi connectivity index (χ3v) is 9.68. The summed E-state index contributed by atoms with van der Waals surface area (Å²) < 4.78 is 60.2. The number of ether oxygens (including phenoxy) is 3. The van der Waals surface area contributed by atoms with E-state index in [0.29, 0.717) is 73.6 Å². The van der Waals surface area contributed by atoms with Gasteiger partial charge in [0, 0.05) is 23.2 Å². The molecule has 17 heteroatoms. The molecule has 0 aliphatic carbocycles. The fraction of sp³-hybridized carbons (Fsp3) is 0.410. The average molecular weight is 895 g/mol. The number of fused-ring (bicyclic) bond motifs is 1. The molecule has 0 aromatic heterocycles. The van der Waals surface area contributed by atoms with Crippen molar-refractivity contribution in [2.24, 2.45) is 0 Å². The Hall–Kier alpha value is -4.43. The van der Waals surface area contributed by atoms with Crippen molar-refractivity contribution >= 4 is 63.5 Å². The van der Waals surface area contributed by atoms with Crippen LogP contribution in [0.4, 0.5) is 24.5 Å². The fourth-order valence-corrected chi connectivity index (χ4v) is 6.64. The van der Waals surface area contributed by atoms with Crippen molar-refractivity contribution in [3.05, 3.63) is 91.8 Å². The van der Waals surface area contributed by atoms with Gasteiger partial charge in [0.15, 0.2) is 11.6 Å². The monoisotopic (exact) mass is 894 g/mol. The molecule has 1 atom stereocenters. The van der Waals surface area contributed by atoms with Crippen LogP contribution in [0.5, 0.6) is 0 Å². The summed E-state index contributed by atoms with van der Waals surface area (Å²) >= 11 is 1.91. The number of piperidine rings is 1. The first-order chi connectivity index (χ1) is 27.1. The number of hydroxylamine groups is 1. The lowest BCUT2D eigenvalue weighted by atomic mass is 9.99. The van der Waals surface area contributed by atoms with E-state index < -0.39 is 58.7 Å². The Bertz CT molecular complexity index is 1920. The SMILES string of the molecule is O=C1CCC(N2C(=O)c3cccc(CCCOCCOCCOCCCCCCONC(=O)c4ccc(F)c(F)c4Nc4ccc(I)cc4F)c3C2=O)C(=O)N1. The third-order valence-electron chi connectivity index (χ3n) is 9.01. The summed E-state index contributed by atoms with van der Waals surface area (Å²) in [6.07, 6.45) is 4.39. The van der Waals surface area contributed by atoms with Crippen molar-refractivity contribution in [2.45, 2.75) is 57.4 Å². The lowest BCUT2D eigenvalue weighted by Crippen LogP contribution is -2.54. The molecule has 2 aliphatic heterocycles. The van der Waals surface area contributed by atoms with E-state index in [1.165, 1.54) is 12.1 Å². The Morgan fingerprint density at radius 3 is 2.21 bits per heavy atom. The zero-order valence-corrected chi connectivity index (χ0v) is 32.6. The first kappa shape index (κ1) is 42.7. The molecule has 5 amide bonds. The second-order valence-corrected chi connectivity index (χ2v) is 14.2. The number of benzene rings is 3. The number of halogens is 4. The van der Waals surface area contributed by atoms with Crippen molar-refractivity contribution in [2.75, 3.05) is 51.6 Å². The van der Waals surface area contributed by atoms with Gasteiger partial charge in [-0.25, -0.2) is 18.7 Å². The number of unbranched alkanes of at least 4 members (excludes halogenated alkanes) is 3. The average Bonchev–Trinajstić information content (AvgIpc) is 3.43. The van der Waals surface area contributed by atoms with Crippen LogP contribution >= 0.6 is 22.6 Å². The van der Waals surface area contributed by atoms with Crippen LogP contribution in [0.25, 0.3) is 0 Å². The molecule has 3 aromatic carbocycles. The second kappa shape index (κ2) is 21.2. The molecule has 3 N–H and O–H groups in total. The van der Waals surface area contributed by atoms with Crippen LogP contribution in [0, 0.1) is 21.0 Å². The topological polar surface area (TPSA) is 162 Å². The minimum atomic E-state index is -1.32. The minimum Gasteiger partial charge on any atom is -0.379 e. The molecular formula is C39H42F3IN4O9. The molecule has 5 rings (SSSR count). The first-order valence-corrected chi connectivity index (χ1v) is 19.3. The van der Waals surface area contributed by atoms with Crippen molar-refractivity contribution < 1.29 is 56.2 Å². The molecule has 3 aromatic rings. The van der Waals surface area contributed by atoms with E-state index in [0.717, 1.165) is 36.3 Å². The predicted molar refractivity (Wildman–Crippen MR) is 205 cm³/mol. The van der Waals surface area contributed by atoms with Gasteiger partial charge >= 0.3 is 0 Å². The van der Waals surface area contributed by atoms with Crippen molar-refractivity contribution in [3.63, 3.8) is 0 Å². The number of nitrogens with one attached hydrogen (secondary N) is 3. The first-order valence-electron chi connectivity index (χ1n) is 18.3. The van der Waals surface area contributed by atoms with Gasteiger partial charge in [0.25, 0.3) is 17.7 Å². The van der Waals surface area contributed by atoms with Gasteiger partial charge in [-0.3, -0.25) is 39.0 Å². The highest BCUT2D eigenvalue weighted by Crippen LogP contribution is 2.31. The van der Waals surface area contributed by atoms with Crippen molar-refractivity contribution in [1.29, 1.82) is 0 Å². The maximum absolute atomic E-state index is 14.6. The van der Waals surface area contributed by atoms with Gasteiger partial charge in [0.1, 0.15) is 11.9 Å². The molecule has 13 nitrogen and oxygen atoms in total. The number of hydrogen-bond donors (Lipinski definition) is 3. The highest BCUT2D eigenvalue weighted by Gasteiger charge is 2.45. The highest BCUT2D eigenvalue weighted by molar-refractivity contribution is 14.1. The van der Waals surface area contributed by atoms with Crippen LogP contribution in [0.15, 0.2) is 48.5 Å². The predicted octanol–water partition coefficient (Wildman–Crippen LogP) is 5.76. The molecule has 0 radical (unpaired) electrons. The molecule has 0 spiro atoms. The van der Waals surface area contributed by atoms with Gasteiger partial charge in [0.05, 0.1) is 61.1 Å². The lowest BCUT2D eigenvalue weighted by molar-refractivity contribution is -0.136. The van der Waals surface area contributed by atoms with Gasteiger partial charge in [-0.2, -0.15) is 0 Å². The van der Waals surface area contributed by atoms with E-state index in [1.54, 1.807) is 24.3 Å². The maximum atomic E-state index is 14.6. The summed E-state index contributed by atoms with van der Waals surface area (Å²) in [6.45, 7) is 2.75. The smallest absolute Gasteiger partial charge is 0.277 e. The molecule has 300 valence electrons. The normalized spacial score (nSPS) is 15.3. The summed E-state index contributed by atoms with van der Waals surface area (Å²) in [5, 5.41) is 4.67. The van der Waals surface area contributed by atoms with Crippen molar-refractivity contribution in [3.8, 4) is 0 Å². The molecule has 0 bridgehead atoms. The van der Waals surface area contributed by atoms with Crippen molar-refractivity contribution in [1.82, 2.24) is 15.7 Å². The van der Waals surface area contributed by atoms with Gasteiger partial charge in [-0.15, -0.1) is 0 Å². The molecule has 1 fully saturated rings. The maximum Gasteiger partial charge on any atom is 0.277 e. The minimum absolute atomic E-state index is 0.0629. The number of nitrogens with zero attached hydrogens (tertiary/aromatic N) is 1. The van der Waals surface area contributed by atoms with Crippen LogP contribution < -0.4 is 16.1 Å². The Kier molecular flexibility index (Phi) is 16.2. The number of anilines is 2. The molecule has 56 heavy (non-hydrogen) atoms. The lowest BCUT2D eigenvalue weighted by Gasteiger charge is -2.27. The fourth-order valence-electron chi connectivity index (χ4n) is 6.19. The van der Waals surface area contributed by atoms with E-state index in [-0.39, 0.29) is 36.3 Å². The Morgan fingerprint density at radius 2 is 1.50 bits per heavy atom. The number of rotatable bonds is 22. The zero-order chi connectivity index (χ0) is 40.0. The van der Waals surface area contributed by atoms with Gasteiger partial charge < -0.3 is 19.5 Å². The van der Waals surface area contributed by atoms with Gasteiger partial charge in [-0.05, 0) is 96.7 Å². The van der Waals surface area contributed by atoms with E-state index in [1.807, 2.05) is 22.6 Å². The van der Waals surface area contributed by atoms with Crippen LogP contribution in [0.1, 0.15) is 81.6 Å². The van der Waals surface area contributed by atoms with Crippen LogP contribution in [0.2, 0.25) is 0 Å². The number of carbonyl (C=O) groups excluding carboxylic acids is 5. The largest absolute Gasteiger partial charge is 0.379 e. The number of imide groups is 2. The van der Waals surface area contributed by atoms with Gasteiger partial charge in [-0.1, -0.05) is 25.0 Å². The van der Waals surface area contributed by atoms with Crippen LogP contribution in [0.3, 0.4) is 0 Å². The number of hydrogen-bond acceptors (Lipinski definition) is 10. The quantitative estimate of drug-likeness (QED) is 0.0490. The second-order valence-electron chi connectivity index (χ2n) is 13.0. The molecule has 1 saturated heterocycles. The van der Waals surface area contributed by atoms with Crippen LogP contribution in [-0.2, 0) is 35.1 Å². The van der Waals surface area contributed by atoms with E-state index >= 15 is 0 Å². The summed E-state index contributed by atoms with van der Waals surface area (Å²) in [5.74, 6) is -6.12. The Labute approximate surface area is 335 Å². The van der Waals surface area contributed by atoms with E-state index in [2.05, 4.69) is 16.1 Å². The summed E-state index contributed by atoms with van der Waals surface area (Å²) in [7, 11) is 0. The zero-order valence-electron chi connectivity index (χ0n) is 30.4. The standard InChI is InChI=1S/C39H42F3IN4O9/c40-28-12-11-27(35(34(28)42)44-30-13-10-25(43)23-29(30)41)36(49)46-56-18-4-2-1-3-16-53-19-21-55-22-20-54-17-6-8-24-7-5-9-26-33(24)39(52)47(38(26)51)31-14-15-32(48)45-37(31)50/h5,7,9-13,23,31,44H,1-4,6,8,14-22H2,(H,46,49)(H,45,48,50). The van der Waals surface area contributed by atoms with E-state index in [4.69, 9.17) is 19.0 Å². The summed E-state index contributed by atoms with van der Waals surface area (Å²) in [4.78, 5) is 68.9. The summed E-state index contributed by atoms with van der Waals surface area (Å²) in [6, 6.07) is 10.1. The van der Waals surface area contributed by atoms with Crippen LogP contribution in [-0.4, -0.2) is 86.7 Å².